The average molecular weight is 483 g/mol. The van der Waals surface area contributed by atoms with Crippen molar-refractivity contribution >= 4 is 29.3 Å². The molecule has 0 bridgehead atoms. The molecular formula is C21H39ClN2O6S. The van der Waals surface area contributed by atoms with Crippen LogP contribution in [0.2, 0.25) is 0 Å². The summed E-state index contributed by atoms with van der Waals surface area (Å²) >= 11 is 7.58. The molecule has 10 heteroatoms. The summed E-state index contributed by atoms with van der Waals surface area (Å²) < 4.78 is 11.2. The van der Waals surface area contributed by atoms with Crippen LogP contribution in [-0.4, -0.2) is 94.6 Å². The molecule has 9 unspecified atom stereocenters. The van der Waals surface area contributed by atoms with Crippen LogP contribution >= 0.6 is 23.4 Å². The molecule has 2 fully saturated rings. The van der Waals surface area contributed by atoms with Gasteiger partial charge in [-0.15, -0.1) is 23.4 Å². The van der Waals surface area contributed by atoms with Crippen molar-refractivity contribution in [3.05, 3.63) is 0 Å². The second-order valence-corrected chi connectivity index (χ2v) is 10.1. The van der Waals surface area contributed by atoms with E-state index in [9.17, 15) is 20.1 Å². The van der Waals surface area contributed by atoms with E-state index in [4.69, 9.17) is 21.1 Å². The molecule has 0 aliphatic carbocycles. The molecule has 0 aromatic carbocycles. The van der Waals surface area contributed by atoms with Gasteiger partial charge in [-0.05, 0) is 64.7 Å². The van der Waals surface area contributed by atoms with Crippen molar-refractivity contribution in [3.8, 4) is 0 Å². The summed E-state index contributed by atoms with van der Waals surface area (Å²) in [6.45, 7) is 5.99. The lowest BCUT2D eigenvalue weighted by atomic mass is 9.92. The molecule has 182 valence electrons. The Balaban J connectivity index is 1.94. The van der Waals surface area contributed by atoms with Crippen LogP contribution in [0.3, 0.4) is 0 Å². The number of hydrogen-bond donors (Lipinski definition) is 5. The van der Waals surface area contributed by atoms with E-state index in [0.717, 1.165) is 51.9 Å². The maximum atomic E-state index is 13.0. The van der Waals surface area contributed by atoms with Crippen LogP contribution in [-0.2, 0) is 14.3 Å². The molecule has 9 atom stereocenters. The highest BCUT2D eigenvalue weighted by atomic mass is 35.5. The molecule has 2 heterocycles. The lowest BCUT2D eigenvalue weighted by Crippen LogP contribution is -2.65. The van der Waals surface area contributed by atoms with Gasteiger partial charge in [0, 0.05) is 13.2 Å². The van der Waals surface area contributed by atoms with Crippen LogP contribution in [0.5, 0.6) is 0 Å². The smallest absolute Gasteiger partial charge is 0.237 e. The van der Waals surface area contributed by atoms with Gasteiger partial charge in [-0.25, -0.2) is 0 Å². The second-order valence-electron chi connectivity index (χ2n) is 8.47. The predicted octanol–water partition coefficient (Wildman–Crippen LogP) is 0.844. The first-order valence-corrected chi connectivity index (χ1v) is 13.0. The van der Waals surface area contributed by atoms with Crippen LogP contribution in [0.25, 0.3) is 0 Å². The zero-order valence-electron chi connectivity index (χ0n) is 18.7. The number of aliphatic hydroxyl groups excluding tert-OH is 3. The highest BCUT2D eigenvalue weighted by Crippen LogP contribution is 2.30. The maximum absolute atomic E-state index is 13.0. The third-order valence-corrected chi connectivity index (χ3v) is 7.35. The largest absolute Gasteiger partial charge is 0.388 e. The number of thioether (sulfide) groups is 1. The highest BCUT2D eigenvalue weighted by Gasteiger charge is 2.48. The summed E-state index contributed by atoms with van der Waals surface area (Å²) in [7, 11) is 0. The van der Waals surface area contributed by atoms with Crippen molar-refractivity contribution in [2.24, 2.45) is 5.92 Å². The minimum absolute atomic E-state index is 0.190. The number of halogens is 1. The topological polar surface area (TPSA) is 120 Å². The molecule has 0 aromatic rings. The van der Waals surface area contributed by atoms with Gasteiger partial charge in [-0.3, -0.25) is 4.79 Å². The van der Waals surface area contributed by atoms with E-state index >= 15 is 0 Å². The Morgan fingerprint density at radius 1 is 1.26 bits per heavy atom. The maximum Gasteiger partial charge on any atom is 0.237 e. The van der Waals surface area contributed by atoms with Crippen molar-refractivity contribution in [3.63, 3.8) is 0 Å². The summed E-state index contributed by atoms with van der Waals surface area (Å²) in [6, 6.07) is -1.06. The molecule has 2 rings (SSSR count). The van der Waals surface area contributed by atoms with Gasteiger partial charge in [0.15, 0.2) is 0 Å². The van der Waals surface area contributed by atoms with Gasteiger partial charge in [0.25, 0.3) is 0 Å². The Labute approximate surface area is 194 Å². The van der Waals surface area contributed by atoms with Gasteiger partial charge in [-0.2, -0.15) is 0 Å². The van der Waals surface area contributed by atoms with Crippen LogP contribution in [0, 0.1) is 5.92 Å². The van der Waals surface area contributed by atoms with Crippen molar-refractivity contribution in [1.29, 1.82) is 0 Å². The fraction of sp³-hybridized carbons (Fsp3) is 0.952. The van der Waals surface area contributed by atoms with Gasteiger partial charge in [0.2, 0.25) is 5.91 Å². The Kier molecular flexibility index (Phi) is 11.8. The lowest BCUT2D eigenvalue weighted by Gasteiger charge is -2.44. The first-order chi connectivity index (χ1) is 14.8. The summed E-state index contributed by atoms with van der Waals surface area (Å²) in [5.74, 6) is 0.376. The normalized spacial score (nSPS) is 36.4. The van der Waals surface area contributed by atoms with Crippen LogP contribution in [0.4, 0.5) is 0 Å². The standard InChI is InChI=1S/C21H39ClN2O6S/c1-4-29-11-5-6-13-7-8-14(23-10-9-13)20(28)24-15(12(2)22)19-17(26)16(25)18(27)21(30-19)31-3/h12-19,21,23,25-27H,4-11H2,1-3H3,(H,24,28). The summed E-state index contributed by atoms with van der Waals surface area (Å²) in [6.07, 6.45) is 1.69. The Bertz CT molecular complexity index is 544. The van der Waals surface area contributed by atoms with Crippen LogP contribution < -0.4 is 10.6 Å². The van der Waals surface area contributed by atoms with E-state index in [-0.39, 0.29) is 11.9 Å². The molecule has 0 saturated carbocycles. The van der Waals surface area contributed by atoms with Gasteiger partial charge >= 0.3 is 0 Å². The van der Waals surface area contributed by atoms with Gasteiger partial charge in [0.1, 0.15) is 29.9 Å². The predicted molar refractivity (Wildman–Crippen MR) is 122 cm³/mol. The number of amides is 1. The van der Waals surface area contributed by atoms with E-state index in [1.54, 1.807) is 13.2 Å². The van der Waals surface area contributed by atoms with E-state index in [0.29, 0.717) is 5.92 Å². The Morgan fingerprint density at radius 2 is 2.00 bits per heavy atom. The van der Waals surface area contributed by atoms with Crippen LogP contribution in [0.15, 0.2) is 0 Å². The fourth-order valence-corrected chi connectivity index (χ4v) is 5.22. The number of carbonyl (C=O) groups excluding carboxylic acids is 1. The molecule has 2 aliphatic rings. The SMILES string of the molecule is CCOCCCC1CCNC(C(=O)NC(C(C)Cl)C2OC(SC)C(O)C(O)C2O)CC1. The van der Waals surface area contributed by atoms with Gasteiger partial charge in [-0.1, -0.05) is 0 Å². The number of ether oxygens (including phenoxy) is 2. The summed E-state index contributed by atoms with van der Waals surface area (Å²) in [5, 5.41) is 36.5. The third-order valence-electron chi connectivity index (χ3n) is 6.23. The first kappa shape index (κ1) is 27.1. The minimum atomic E-state index is -1.38. The zero-order valence-corrected chi connectivity index (χ0v) is 20.3. The van der Waals surface area contributed by atoms with E-state index in [2.05, 4.69) is 10.6 Å². The number of nitrogens with one attached hydrogen (secondary N) is 2. The van der Waals surface area contributed by atoms with Crippen molar-refractivity contribution < 1.29 is 29.6 Å². The number of carbonyl (C=O) groups is 1. The molecule has 0 aromatic heterocycles. The highest BCUT2D eigenvalue weighted by molar-refractivity contribution is 7.99. The van der Waals surface area contributed by atoms with E-state index < -0.39 is 41.3 Å². The molecule has 31 heavy (non-hydrogen) atoms. The molecule has 1 amide bonds. The molecule has 0 radical (unpaired) electrons. The second kappa shape index (κ2) is 13.5. The average Bonchev–Trinajstić information content (AvgIpc) is 2.99. The molecule has 2 saturated heterocycles. The van der Waals surface area contributed by atoms with E-state index in [1.807, 2.05) is 6.92 Å². The molecular weight excluding hydrogens is 444 g/mol. The quantitative estimate of drug-likeness (QED) is 0.229. The monoisotopic (exact) mass is 482 g/mol. The number of aliphatic hydroxyl groups is 3. The molecule has 0 spiro atoms. The third kappa shape index (κ3) is 7.71. The number of rotatable bonds is 10. The van der Waals surface area contributed by atoms with Crippen LogP contribution in [0.1, 0.15) is 46.0 Å². The summed E-state index contributed by atoms with van der Waals surface area (Å²) in [4.78, 5) is 13.0. The van der Waals surface area contributed by atoms with Gasteiger partial charge < -0.3 is 35.4 Å². The Morgan fingerprint density at radius 3 is 2.65 bits per heavy atom. The molecule has 5 N–H and O–H groups in total. The number of hydrogen-bond acceptors (Lipinski definition) is 8. The van der Waals surface area contributed by atoms with Crippen molar-refractivity contribution in [2.75, 3.05) is 26.0 Å². The Hall–Kier alpha value is -0.130. The zero-order chi connectivity index (χ0) is 23.0. The lowest BCUT2D eigenvalue weighted by molar-refractivity contribution is -0.205. The van der Waals surface area contributed by atoms with Crippen molar-refractivity contribution in [2.45, 2.75) is 93.3 Å². The first-order valence-electron chi connectivity index (χ1n) is 11.3. The van der Waals surface area contributed by atoms with Gasteiger partial charge in [0.05, 0.1) is 17.5 Å². The molecule has 8 nitrogen and oxygen atoms in total. The number of alkyl halides is 1. The fourth-order valence-electron chi connectivity index (χ4n) is 4.33. The minimum Gasteiger partial charge on any atom is -0.388 e. The van der Waals surface area contributed by atoms with E-state index in [1.165, 1.54) is 11.8 Å². The van der Waals surface area contributed by atoms with Crippen molar-refractivity contribution in [1.82, 2.24) is 10.6 Å². The molecule has 2 aliphatic heterocycles. The summed E-state index contributed by atoms with van der Waals surface area (Å²) in [5.41, 5.74) is -0.716.